The summed E-state index contributed by atoms with van der Waals surface area (Å²) in [5, 5.41) is 2.20. The fourth-order valence-corrected chi connectivity index (χ4v) is 2.44. The molecule has 0 radical (unpaired) electrons. The Hall–Kier alpha value is -3.47. The summed E-state index contributed by atoms with van der Waals surface area (Å²) in [5.41, 5.74) is 1.68. The van der Waals surface area contributed by atoms with Crippen LogP contribution in [0.5, 0.6) is 0 Å². The summed E-state index contributed by atoms with van der Waals surface area (Å²) in [6.07, 6.45) is 4.83. The van der Waals surface area contributed by atoms with Gasteiger partial charge in [0, 0.05) is 0 Å². The SMILES string of the molecule is O=C1NC(=O)N(Cc2ccccc2)C(=O)/C1=C\C=C\c1ccccc1. The van der Waals surface area contributed by atoms with E-state index in [0.29, 0.717) is 0 Å². The van der Waals surface area contributed by atoms with Crippen molar-refractivity contribution in [3.63, 3.8) is 0 Å². The summed E-state index contributed by atoms with van der Waals surface area (Å²) < 4.78 is 0. The zero-order chi connectivity index (χ0) is 17.6. The van der Waals surface area contributed by atoms with E-state index in [-0.39, 0.29) is 12.1 Å². The predicted octanol–water partition coefficient (Wildman–Crippen LogP) is 2.90. The van der Waals surface area contributed by atoms with Crippen LogP contribution < -0.4 is 5.32 Å². The first-order chi connectivity index (χ1) is 12.1. The van der Waals surface area contributed by atoms with E-state index in [1.165, 1.54) is 6.08 Å². The molecule has 0 bridgehead atoms. The molecule has 5 heteroatoms. The first-order valence-corrected chi connectivity index (χ1v) is 7.79. The van der Waals surface area contributed by atoms with Gasteiger partial charge in [0.05, 0.1) is 6.54 Å². The largest absolute Gasteiger partial charge is 0.331 e. The van der Waals surface area contributed by atoms with Gasteiger partial charge < -0.3 is 0 Å². The van der Waals surface area contributed by atoms with E-state index in [9.17, 15) is 14.4 Å². The number of carbonyl (C=O) groups is 3. The number of urea groups is 1. The Kier molecular flexibility index (Phi) is 4.85. The van der Waals surface area contributed by atoms with Gasteiger partial charge in [-0.15, -0.1) is 0 Å². The lowest BCUT2D eigenvalue weighted by molar-refractivity contribution is -0.130. The van der Waals surface area contributed by atoms with Crippen LogP contribution in [-0.4, -0.2) is 22.7 Å². The third kappa shape index (κ3) is 3.90. The van der Waals surface area contributed by atoms with Crippen LogP contribution in [0.15, 0.2) is 78.4 Å². The summed E-state index contributed by atoms with van der Waals surface area (Å²) in [6, 6.07) is 17.9. The maximum Gasteiger partial charge on any atom is 0.331 e. The lowest BCUT2D eigenvalue weighted by atomic mass is 10.1. The van der Waals surface area contributed by atoms with Crippen LogP contribution in [0.3, 0.4) is 0 Å². The topological polar surface area (TPSA) is 66.5 Å². The van der Waals surface area contributed by atoms with Crippen molar-refractivity contribution in [2.24, 2.45) is 0 Å². The van der Waals surface area contributed by atoms with Gasteiger partial charge in [0.2, 0.25) is 0 Å². The fraction of sp³-hybridized carbons (Fsp3) is 0.0500. The molecule has 5 nitrogen and oxygen atoms in total. The lowest BCUT2D eigenvalue weighted by Gasteiger charge is -2.26. The minimum absolute atomic E-state index is 0.0669. The van der Waals surface area contributed by atoms with Crippen LogP contribution in [0.2, 0.25) is 0 Å². The third-order valence-corrected chi connectivity index (χ3v) is 3.72. The van der Waals surface area contributed by atoms with Crippen LogP contribution in [0.25, 0.3) is 6.08 Å². The van der Waals surface area contributed by atoms with E-state index in [0.717, 1.165) is 16.0 Å². The van der Waals surface area contributed by atoms with E-state index in [4.69, 9.17) is 0 Å². The molecule has 1 fully saturated rings. The monoisotopic (exact) mass is 332 g/mol. The lowest BCUT2D eigenvalue weighted by Crippen LogP contribution is -2.53. The second kappa shape index (κ2) is 7.40. The molecule has 1 N–H and O–H groups in total. The highest BCUT2D eigenvalue weighted by molar-refractivity contribution is 6.28. The summed E-state index contributed by atoms with van der Waals surface area (Å²) in [4.78, 5) is 37.5. The van der Waals surface area contributed by atoms with E-state index in [2.05, 4.69) is 5.32 Å². The maximum absolute atomic E-state index is 12.5. The van der Waals surface area contributed by atoms with Gasteiger partial charge in [-0.05, 0) is 17.2 Å². The molecule has 124 valence electrons. The van der Waals surface area contributed by atoms with Gasteiger partial charge in [0.15, 0.2) is 0 Å². The highest BCUT2D eigenvalue weighted by Gasteiger charge is 2.35. The van der Waals surface area contributed by atoms with Gasteiger partial charge in [-0.3, -0.25) is 19.8 Å². The highest BCUT2D eigenvalue weighted by atomic mass is 16.2. The molecule has 1 saturated heterocycles. The molecule has 1 aliphatic rings. The number of nitrogens with zero attached hydrogens (tertiary/aromatic N) is 1. The van der Waals surface area contributed by atoms with Crippen LogP contribution in [0.1, 0.15) is 11.1 Å². The predicted molar refractivity (Wildman–Crippen MR) is 94.1 cm³/mol. The number of carbonyl (C=O) groups excluding carboxylic acids is 3. The number of imide groups is 2. The zero-order valence-electron chi connectivity index (χ0n) is 13.4. The Labute approximate surface area is 145 Å². The standard InChI is InChI=1S/C20H16N2O3/c23-18-17(13-7-12-15-8-3-1-4-9-15)19(24)22(20(25)21-18)14-16-10-5-2-6-11-16/h1-13H,14H2,(H,21,23,25)/b12-7+,17-13-. The van der Waals surface area contributed by atoms with Crippen molar-refractivity contribution in [2.75, 3.05) is 0 Å². The number of hydrogen-bond donors (Lipinski definition) is 1. The van der Waals surface area contributed by atoms with Crippen LogP contribution in [0.4, 0.5) is 4.79 Å². The number of nitrogens with one attached hydrogen (secondary N) is 1. The minimum atomic E-state index is -0.706. The van der Waals surface area contributed by atoms with Gasteiger partial charge in [-0.1, -0.05) is 72.8 Å². The zero-order valence-corrected chi connectivity index (χ0v) is 13.4. The van der Waals surface area contributed by atoms with Crippen LogP contribution in [0, 0.1) is 0 Å². The van der Waals surface area contributed by atoms with Crippen molar-refractivity contribution in [3.8, 4) is 0 Å². The summed E-state index contributed by atoms with van der Waals surface area (Å²) in [6.45, 7) is 0.110. The first-order valence-electron chi connectivity index (χ1n) is 7.79. The first kappa shape index (κ1) is 16.4. The average Bonchev–Trinajstić information content (AvgIpc) is 2.63. The van der Waals surface area contributed by atoms with Gasteiger partial charge in [-0.25, -0.2) is 4.79 Å². The highest BCUT2D eigenvalue weighted by Crippen LogP contribution is 2.14. The number of barbiturate groups is 1. The summed E-state index contributed by atoms with van der Waals surface area (Å²) in [5.74, 6) is -1.28. The molecule has 0 saturated carbocycles. The number of benzene rings is 2. The van der Waals surface area contributed by atoms with E-state index >= 15 is 0 Å². The third-order valence-electron chi connectivity index (χ3n) is 3.72. The summed E-state index contributed by atoms with van der Waals surface area (Å²) in [7, 11) is 0. The van der Waals surface area contributed by atoms with Crippen molar-refractivity contribution in [2.45, 2.75) is 6.54 Å². The maximum atomic E-state index is 12.5. The number of hydrogen-bond acceptors (Lipinski definition) is 3. The molecule has 1 heterocycles. The van der Waals surface area contributed by atoms with Crippen LogP contribution in [-0.2, 0) is 16.1 Å². The van der Waals surface area contributed by atoms with Gasteiger partial charge in [0.1, 0.15) is 5.57 Å². The number of rotatable bonds is 4. The minimum Gasteiger partial charge on any atom is -0.273 e. The van der Waals surface area contributed by atoms with E-state index < -0.39 is 17.8 Å². The summed E-state index contributed by atoms with van der Waals surface area (Å²) >= 11 is 0. The Morgan fingerprint density at radius 2 is 1.52 bits per heavy atom. The Bertz CT molecular complexity index is 855. The van der Waals surface area contributed by atoms with E-state index in [1.54, 1.807) is 12.2 Å². The molecule has 2 aromatic carbocycles. The molecule has 0 unspecified atom stereocenters. The van der Waals surface area contributed by atoms with Crippen molar-refractivity contribution in [1.29, 1.82) is 0 Å². The Morgan fingerprint density at radius 1 is 0.880 bits per heavy atom. The molecule has 0 spiro atoms. The van der Waals surface area contributed by atoms with Crippen molar-refractivity contribution >= 4 is 23.9 Å². The van der Waals surface area contributed by atoms with Crippen molar-refractivity contribution in [3.05, 3.63) is 89.5 Å². The molecule has 0 atom stereocenters. The number of amides is 4. The molecule has 0 aromatic heterocycles. The van der Waals surface area contributed by atoms with E-state index in [1.807, 2.05) is 60.7 Å². The Balaban J connectivity index is 1.80. The van der Waals surface area contributed by atoms with Crippen molar-refractivity contribution < 1.29 is 14.4 Å². The fourth-order valence-electron chi connectivity index (χ4n) is 2.44. The van der Waals surface area contributed by atoms with Gasteiger partial charge in [0.25, 0.3) is 11.8 Å². The molecular formula is C20H16N2O3. The smallest absolute Gasteiger partial charge is 0.273 e. The molecule has 1 aliphatic heterocycles. The molecule has 25 heavy (non-hydrogen) atoms. The second-order valence-electron chi connectivity index (χ2n) is 5.49. The molecule has 4 amide bonds. The molecular weight excluding hydrogens is 316 g/mol. The average molecular weight is 332 g/mol. The van der Waals surface area contributed by atoms with Crippen molar-refractivity contribution in [1.82, 2.24) is 10.2 Å². The van der Waals surface area contributed by atoms with Gasteiger partial charge in [-0.2, -0.15) is 0 Å². The molecule has 3 rings (SSSR count). The normalized spacial score (nSPS) is 16.6. The number of allylic oxidation sites excluding steroid dienone is 2. The molecule has 2 aromatic rings. The molecule has 0 aliphatic carbocycles. The second-order valence-corrected chi connectivity index (χ2v) is 5.49. The Morgan fingerprint density at radius 3 is 2.20 bits per heavy atom. The van der Waals surface area contributed by atoms with Crippen LogP contribution >= 0.6 is 0 Å². The quantitative estimate of drug-likeness (QED) is 0.691. The van der Waals surface area contributed by atoms with Gasteiger partial charge >= 0.3 is 6.03 Å².